The van der Waals surface area contributed by atoms with Crippen LogP contribution in [-0.4, -0.2) is 12.6 Å². The van der Waals surface area contributed by atoms with Gasteiger partial charge in [0.15, 0.2) is 0 Å². The van der Waals surface area contributed by atoms with Crippen LogP contribution in [0.2, 0.25) is 0 Å². The molecular formula is C7H11NO2. The van der Waals surface area contributed by atoms with E-state index in [1.54, 1.807) is 0 Å². The maximum absolute atomic E-state index is 10.6. The quantitative estimate of drug-likeness (QED) is 0.460. The van der Waals surface area contributed by atoms with E-state index in [0.717, 1.165) is 0 Å². The molecule has 0 fully saturated rings. The van der Waals surface area contributed by atoms with E-state index < -0.39 is 0 Å². The molecule has 3 heteroatoms. The zero-order valence-corrected chi connectivity index (χ0v) is 5.75. The maximum atomic E-state index is 10.6. The van der Waals surface area contributed by atoms with Gasteiger partial charge in [-0.15, -0.1) is 0 Å². The van der Waals surface area contributed by atoms with E-state index in [1.807, 2.05) is 0 Å². The molecule has 0 unspecified atom stereocenters. The van der Waals surface area contributed by atoms with Crippen LogP contribution >= 0.6 is 0 Å². The third kappa shape index (κ3) is 4.90. The van der Waals surface area contributed by atoms with Crippen molar-refractivity contribution in [1.82, 2.24) is 0 Å². The van der Waals surface area contributed by atoms with Crippen LogP contribution in [0.4, 0.5) is 0 Å². The molecule has 0 aromatic rings. The number of rotatable bonds is 4. The topological polar surface area (TPSA) is 52.3 Å². The minimum absolute atomic E-state index is 0.227. The smallest absolute Gasteiger partial charge is 0.310 e. The molecule has 0 heterocycles. The maximum Gasteiger partial charge on any atom is 0.310 e. The SMILES string of the molecule is C=CCOC(=O)CC=CN. The Labute approximate surface area is 60.2 Å². The molecule has 3 nitrogen and oxygen atoms in total. The Morgan fingerprint density at radius 3 is 2.90 bits per heavy atom. The van der Waals surface area contributed by atoms with E-state index >= 15 is 0 Å². The van der Waals surface area contributed by atoms with Crippen molar-refractivity contribution in [2.75, 3.05) is 6.61 Å². The van der Waals surface area contributed by atoms with Crippen LogP contribution < -0.4 is 5.73 Å². The van der Waals surface area contributed by atoms with Gasteiger partial charge in [0.05, 0.1) is 6.42 Å². The highest BCUT2D eigenvalue weighted by atomic mass is 16.5. The number of hydrogen-bond donors (Lipinski definition) is 1. The van der Waals surface area contributed by atoms with Crippen molar-refractivity contribution in [3.8, 4) is 0 Å². The molecule has 56 valence electrons. The van der Waals surface area contributed by atoms with Gasteiger partial charge in [-0.2, -0.15) is 0 Å². The first-order valence-electron chi connectivity index (χ1n) is 2.94. The Balaban J connectivity index is 3.34. The minimum atomic E-state index is -0.290. The van der Waals surface area contributed by atoms with Crippen LogP contribution in [-0.2, 0) is 9.53 Å². The number of nitrogens with two attached hydrogens (primary N) is 1. The molecule has 2 N–H and O–H groups in total. The molecule has 0 amide bonds. The highest BCUT2D eigenvalue weighted by Crippen LogP contribution is 1.86. The summed E-state index contributed by atoms with van der Waals surface area (Å²) in [7, 11) is 0. The second kappa shape index (κ2) is 5.88. The second-order valence-corrected chi connectivity index (χ2v) is 1.60. The number of carbonyl (C=O) groups is 1. The first kappa shape index (κ1) is 8.75. The van der Waals surface area contributed by atoms with Crippen LogP contribution in [0.15, 0.2) is 24.9 Å². The summed E-state index contributed by atoms with van der Waals surface area (Å²) >= 11 is 0. The molecule has 0 atom stereocenters. The van der Waals surface area contributed by atoms with Crippen LogP contribution in [0.5, 0.6) is 0 Å². The lowest BCUT2D eigenvalue weighted by molar-refractivity contribution is -0.141. The zero-order valence-electron chi connectivity index (χ0n) is 5.75. The Morgan fingerprint density at radius 2 is 2.40 bits per heavy atom. The third-order valence-electron chi connectivity index (χ3n) is 0.783. The number of ether oxygens (including phenoxy) is 1. The highest BCUT2D eigenvalue weighted by Gasteiger charge is 1.95. The summed E-state index contributed by atoms with van der Waals surface area (Å²) in [6.45, 7) is 3.65. The molecule has 0 aliphatic heterocycles. The van der Waals surface area contributed by atoms with Crippen molar-refractivity contribution in [2.24, 2.45) is 5.73 Å². The number of esters is 1. The number of carbonyl (C=O) groups excluding carboxylic acids is 1. The van der Waals surface area contributed by atoms with Gasteiger partial charge in [0, 0.05) is 0 Å². The van der Waals surface area contributed by atoms with Crippen molar-refractivity contribution in [1.29, 1.82) is 0 Å². The summed E-state index contributed by atoms with van der Waals surface area (Å²) in [5, 5.41) is 0. The van der Waals surface area contributed by atoms with Gasteiger partial charge in [-0.3, -0.25) is 4.79 Å². The highest BCUT2D eigenvalue weighted by molar-refractivity contribution is 5.71. The normalized spacial score (nSPS) is 9.60. The van der Waals surface area contributed by atoms with Gasteiger partial charge >= 0.3 is 5.97 Å². The summed E-state index contributed by atoms with van der Waals surface area (Å²) in [5.41, 5.74) is 5.00. The average molecular weight is 141 g/mol. The minimum Gasteiger partial charge on any atom is -0.461 e. The molecule has 0 bridgehead atoms. The number of hydrogen-bond acceptors (Lipinski definition) is 3. The van der Waals surface area contributed by atoms with E-state index in [0.29, 0.717) is 0 Å². The molecule has 0 aliphatic carbocycles. The molecule has 0 rings (SSSR count). The Bertz CT molecular complexity index is 141. The second-order valence-electron chi connectivity index (χ2n) is 1.60. The monoisotopic (exact) mass is 141 g/mol. The first-order valence-corrected chi connectivity index (χ1v) is 2.94. The largest absolute Gasteiger partial charge is 0.461 e. The van der Waals surface area contributed by atoms with Crippen LogP contribution in [0.1, 0.15) is 6.42 Å². The molecule has 0 aromatic carbocycles. The predicted molar refractivity (Wildman–Crippen MR) is 39.1 cm³/mol. The Kier molecular flexibility index (Phi) is 5.14. The fraction of sp³-hybridized carbons (Fsp3) is 0.286. The zero-order chi connectivity index (χ0) is 7.82. The summed E-state index contributed by atoms with van der Waals surface area (Å²) in [4.78, 5) is 10.6. The average Bonchev–Trinajstić information content (AvgIpc) is 1.97. The van der Waals surface area contributed by atoms with E-state index in [1.165, 1.54) is 18.4 Å². The summed E-state index contributed by atoms with van der Waals surface area (Å²) in [6, 6.07) is 0. The van der Waals surface area contributed by atoms with Crippen molar-refractivity contribution in [3.63, 3.8) is 0 Å². The lowest BCUT2D eigenvalue weighted by atomic mass is 10.4. The molecule has 0 saturated carbocycles. The van der Waals surface area contributed by atoms with Crippen molar-refractivity contribution in [2.45, 2.75) is 6.42 Å². The van der Waals surface area contributed by atoms with Crippen LogP contribution in [0, 0.1) is 0 Å². The molecular weight excluding hydrogens is 130 g/mol. The molecule has 10 heavy (non-hydrogen) atoms. The standard InChI is InChI=1S/C7H11NO2/c1-2-6-10-7(9)4-3-5-8/h2-3,5H,1,4,6,8H2. The molecule has 0 saturated heterocycles. The predicted octanol–water partition coefficient (Wildman–Crippen LogP) is 0.578. The Hall–Kier alpha value is -1.25. The summed E-state index contributed by atoms with van der Waals surface area (Å²) in [5.74, 6) is -0.290. The van der Waals surface area contributed by atoms with Gasteiger partial charge < -0.3 is 10.5 Å². The lowest BCUT2D eigenvalue weighted by Crippen LogP contribution is -2.02. The van der Waals surface area contributed by atoms with Gasteiger partial charge in [-0.1, -0.05) is 18.7 Å². The van der Waals surface area contributed by atoms with Crippen molar-refractivity contribution >= 4 is 5.97 Å². The molecule has 0 aliphatic rings. The van der Waals surface area contributed by atoms with E-state index in [4.69, 9.17) is 5.73 Å². The van der Waals surface area contributed by atoms with Crippen molar-refractivity contribution < 1.29 is 9.53 Å². The van der Waals surface area contributed by atoms with E-state index in [9.17, 15) is 4.79 Å². The fourth-order valence-electron chi connectivity index (χ4n) is 0.375. The summed E-state index contributed by atoms with van der Waals surface area (Å²) < 4.78 is 4.63. The van der Waals surface area contributed by atoms with Gasteiger partial charge in [-0.05, 0) is 6.20 Å². The van der Waals surface area contributed by atoms with Gasteiger partial charge in [0.25, 0.3) is 0 Å². The van der Waals surface area contributed by atoms with Crippen LogP contribution in [0.25, 0.3) is 0 Å². The van der Waals surface area contributed by atoms with Crippen LogP contribution in [0.3, 0.4) is 0 Å². The van der Waals surface area contributed by atoms with Gasteiger partial charge in [0.2, 0.25) is 0 Å². The van der Waals surface area contributed by atoms with Crippen molar-refractivity contribution in [3.05, 3.63) is 24.9 Å². The first-order chi connectivity index (χ1) is 4.81. The lowest BCUT2D eigenvalue weighted by Gasteiger charge is -1.96. The van der Waals surface area contributed by atoms with Gasteiger partial charge in [0.1, 0.15) is 6.61 Å². The van der Waals surface area contributed by atoms with Gasteiger partial charge in [-0.25, -0.2) is 0 Å². The third-order valence-corrected chi connectivity index (χ3v) is 0.783. The molecule has 0 spiro atoms. The fourth-order valence-corrected chi connectivity index (χ4v) is 0.375. The molecule has 0 aromatic heterocycles. The van der Waals surface area contributed by atoms with E-state index in [-0.39, 0.29) is 19.0 Å². The molecule has 0 radical (unpaired) electrons. The summed E-state index contributed by atoms with van der Waals surface area (Å²) in [6.07, 6.45) is 4.59. The van der Waals surface area contributed by atoms with E-state index in [2.05, 4.69) is 11.3 Å². The Morgan fingerprint density at radius 1 is 1.70 bits per heavy atom.